The molecular weight excluding hydrogens is 520 g/mol. The predicted octanol–water partition coefficient (Wildman–Crippen LogP) is 4.94. The van der Waals surface area contributed by atoms with E-state index in [2.05, 4.69) is 37.6 Å². The first-order valence-electron chi connectivity index (χ1n) is 14.4. The number of carboxylic acids is 1. The van der Waals surface area contributed by atoms with Crippen molar-refractivity contribution in [2.75, 3.05) is 43.4 Å². The summed E-state index contributed by atoms with van der Waals surface area (Å²) in [5.74, 6) is 0.853. The standard InChI is InChI=1S/C31H38N6O4/c1-22-27(12-7-16-32-22)40-21-20-37(18-5-4-9-24-14-13-23-8-6-17-33-29(23)34-24)19-15-26(30(38)39)36-31-35-25-10-2-3-11-28(25)41-31/h2-3,7,10-14,16,26H,4-6,8-9,15,17-21H2,1H3,(H,33,34)(H,35,36)(H,38,39). The number of hydrogen-bond acceptors (Lipinski definition) is 9. The number of nitrogens with one attached hydrogen (secondary N) is 2. The van der Waals surface area contributed by atoms with Crippen LogP contribution in [0, 0.1) is 6.92 Å². The highest BCUT2D eigenvalue weighted by atomic mass is 16.5. The van der Waals surface area contributed by atoms with Crippen LogP contribution >= 0.6 is 0 Å². The number of pyridine rings is 2. The summed E-state index contributed by atoms with van der Waals surface area (Å²) in [6.07, 6.45) is 7.24. The van der Waals surface area contributed by atoms with E-state index in [0.29, 0.717) is 37.2 Å². The summed E-state index contributed by atoms with van der Waals surface area (Å²) in [7, 11) is 0. The van der Waals surface area contributed by atoms with Gasteiger partial charge in [-0.2, -0.15) is 4.98 Å². The highest BCUT2D eigenvalue weighted by Crippen LogP contribution is 2.21. The fourth-order valence-corrected chi connectivity index (χ4v) is 5.04. The summed E-state index contributed by atoms with van der Waals surface area (Å²) in [5, 5.41) is 16.3. The lowest BCUT2D eigenvalue weighted by Crippen LogP contribution is -2.37. The number of aromatic nitrogens is 3. The van der Waals surface area contributed by atoms with Crippen LogP contribution in [0.25, 0.3) is 11.1 Å². The second kappa shape index (κ2) is 13.9. The molecule has 5 rings (SSSR count). The van der Waals surface area contributed by atoms with Gasteiger partial charge < -0.3 is 24.9 Å². The number of unbranched alkanes of at least 4 members (excludes halogenated alkanes) is 1. The Labute approximate surface area is 240 Å². The number of anilines is 2. The average molecular weight is 559 g/mol. The number of aliphatic carboxylic acids is 1. The van der Waals surface area contributed by atoms with E-state index >= 15 is 0 Å². The molecule has 1 aliphatic rings. The smallest absolute Gasteiger partial charge is 0.326 e. The van der Waals surface area contributed by atoms with Crippen molar-refractivity contribution in [1.29, 1.82) is 0 Å². The van der Waals surface area contributed by atoms with Gasteiger partial charge in [-0.3, -0.25) is 9.88 Å². The normalized spacial score (nSPS) is 13.5. The summed E-state index contributed by atoms with van der Waals surface area (Å²) in [6, 6.07) is 14.9. The van der Waals surface area contributed by atoms with E-state index in [-0.39, 0.29) is 6.01 Å². The second-order valence-electron chi connectivity index (χ2n) is 10.4. The van der Waals surface area contributed by atoms with Gasteiger partial charge in [0.25, 0.3) is 6.01 Å². The molecule has 0 amide bonds. The van der Waals surface area contributed by atoms with Crippen LogP contribution in [-0.2, 0) is 17.6 Å². The molecule has 0 bridgehead atoms. The molecule has 1 aliphatic heterocycles. The minimum atomic E-state index is -0.943. The van der Waals surface area contributed by atoms with Crippen molar-refractivity contribution >= 4 is 28.9 Å². The summed E-state index contributed by atoms with van der Waals surface area (Å²) in [6.45, 7) is 5.48. The summed E-state index contributed by atoms with van der Waals surface area (Å²) in [5.41, 5.74) is 4.56. The van der Waals surface area contributed by atoms with E-state index in [1.165, 1.54) is 5.56 Å². The Hall–Kier alpha value is -4.18. The molecule has 0 fully saturated rings. The molecule has 4 heterocycles. The maximum atomic E-state index is 12.1. The van der Waals surface area contributed by atoms with Crippen molar-refractivity contribution in [3.63, 3.8) is 0 Å². The Bertz CT molecular complexity index is 1410. The van der Waals surface area contributed by atoms with Crippen LogP contribution in [0.3, 0.4) is 0 Å². The summed E-state index contributed by atoms with van der Waals surface area (Å²) < 4.78 is 11.7. The molecule has 0 radical (unpaired) electrons. The number of carbonyl (C=O) groups is 1. The van der Waals surface area contributed by atoms with Crippen molar-refractivity contribution < 1.29 is 19.1 Å². The molecule has 3 N–H and O–H groups in total. The first-order chi connectivity index (χ1) is 20.0. The molecule has 0 aliphatic carbocycles. The van der Waals surface area contributed by atoms with Crippen LogP contribution < -0.4 is 15.4 Å². The lowest BCUT2D eigenvalue weighted by molar-refractivity contribution is -0.138. The summed E-state index contributed by atoms with van der Waals surface area (Å²) >= 11 is 0. The number of benzene rings is 1. The first-order valence-corrected chi connectivity index (χ1v) is 14.4. The molecule has 1 atom stereocenters. The molecular formula is C31H38N6O4. The van der Waals surface area contributed by atoms with Crippen LogP contribution in [0.4, 0.5) is 11.8 Å². The van der Waals surface area contributed by atoms with E-state index in [9.17, 15) is 9.90 Å². The Morgan fingerprint density at radius 3 is 2.88 bits per heavy atom. The number of para-hydroxylation sites is 2. The molecule has 1 aromatic carbocycles. The van der Waals surface area contributed by atoms with Crippen molar-refractivity contribution in [2.45, 2.75) is 51.5 Å². The molecule has 10 nitrogen and oxygen atoms in total. The van der Waals surface area contributed by atoms with Crippen LogP contribution in [0.2, 0.25) is 0 Å². The number of nitrogens with zero attached hydrogens (tertiary/aromatic N) is 4. The van der Waals surface area contributed by atoms with Gasteiger partial charge in [-0.1, -0.05) is 18.2 Å². The van der Waals surface area contributed by atoms with Gasteiger partial charge in [0.2, 0.25) is 0 Å². The van der Waals surface area contributed by atoms with Gasteiger partial charge in [0, 0.05) is 31.5 Å². The van der Waals surface area contributed by atoms with Crippen molar-refractivity contribution in [3.05, 3.63) is 71.7 Å². The molecule has 216 valence electrons. The molecule has 1 unspecified atom stereocenters. The molecule has 0 spiro atoms. The van der Waals surface area contributed by atoms with Crippen molar-refractivity contribution in [3.8, 4) is 5.75 Å². The molecule has 10 heteroatoms. The maximum Gasteiger partial charge on any atom is 0.326 e. The molecule has 4 aromatic rings. The zero-order valence-corrected chi connectivity index (χ0v) is 23.5. The fraction of sp³-hybridized carbons (Fsp3) is 0.419. The minimum absolute atomic E-state index is 0.215. The number of aryl methyl sites for hydroxylation is 3. The first kappa shape index (κ1) is 28.4. The lowest BCUT2D eigenvalue weighted by Gasteiger charge is -2.24. The Morgan fingerprint density at radius 1 is 1.12 bits per heavy atom. The van der Waals surface area contributed by atoms with Crippen LogP contribution in [0.5, 0.6) is 5.75 Å². The zero-order chi connectivity index (χ0) is 28.4. The van der Waals surface area contributed by atoms with E-state index in [1.807, 2.05) is 43.3 Å². The summed E-state index contributed by atoms with van der Waals surface area (Å²) in [4.78, 5) is 27.8. The van der Waals surface area contributed by atoms with E-state index in [0.717, 1.165) is 68.1 Å². The van der Waals surface area contributed by atoms with Gasteiger partial charge in [-0.25, -0.2) is 9.78 Å². The van der Waals surface area contributed by atoms with Gasteiger partial charge in [0.1, 0.15) is 29.7 Å². The average Bonchev–Trinajstić information content (AvgIpc) is 3.40. The highest BCUT2D eigenvalue weighted by molar-refractivity contribution is 5.78. The Morgan fingerprint density at radius 2 is 2.02 bits per heavy atom. The molecule has 3 aromatic heterocycles. The number of hydrogen-bond donors (Lipinski definition) is 3. The highest BCUT2D eigenvalue weighted by Gasteiger charge is 2.21. The lowest BCUT2D eigenvalue weighted by atomic mass is 10.1. The minimum Gasteiger partial charge on any atom is -0.490 e. The third-order valence-corrected chi connectivity index (χ3v) is 7.36. The van der Waals surface area contributed by atoms with Crippen LogP contribution in [0.15, 0.2) is 59.1 Å². The third kappa shape index (κ3) is 7.94. The van der Waals surface area contributed by atoms with Gasteiger partial charge in [0.05, 0.1) is 5.69 Å². The van der Waals surface area contributed by atoms with Gasteiger partial charge >= 0.3 is 5.97 Å². The number of rotatable bonds is 15. The van der Waals surface area contributed by atoms with E-state index in [1.54, 1.807) is 6.20 Å². The Balaban J connectivity index is 1.16. The zero-order valence-electron chi connectivity index (χ0n) is 23.5. The third-order valence-electron chi connectivity index (χ3n) is 7.36. The second-order valence-corrected chi connectivity index (χ2v) is 10.4. The molecule has 41 heavy (non-hydrogen) atoms. The number of ether oxygens (including phenoxy) is 1. The molecule has 0 saturated heterocycles. The predicted molar refractivity (Wildman–Crippen MR) is 159 cm³/mol. The Kier molecular flexibility index (Phi) is 9.64. The van der Waals surface area contributed by atoms with Crippen molar-refractivity contribution in [2.24, 2.45) is 0 Å². The van der Waals surface area contributed by atoms with E-state index in [4.69, 9.17) is 14.1 Å². The van der Waals surface area contributed by atoms with E-state index < -0.39 is 12.0 Å². The number of carboxylic acid groups (broad SMARTS) is 1. The monoisotopic (exact) mass is 558 g/mol. The van der Waals surface area contributed by atoms with Gasteiger partial charge in [0.15, 0.2) is 5.58 Å². The SMILES string of the molecule is Cc1ncccc1OCCN(CCCCc1ccc2c(n1)NCCC2)CCC(Nc1nc2ccccc2o1)C(=O)O. The topological polar surface area (TPSA) is 126 Å². The van der Waals surface area contributed by atoms with Crippen LogP contribution in [-0.4, -0.2) is 69.8 Å². The number of fused-ring (bicyclic) bond motifs is 2. The van der Waals surface area contributed by atoms with Crippen LogP contribution in [0.1, 0.15) is 42.6 Å². The quantitative estimate of drug-likeness (QED) is 0.173. The number of oxazole rings is 1. The largest absolute Gasteiger partial charge is 0.490 e. The maximum absolute atomic E-state index is 12.1. The van der Waals surface area contributed by atoms with Crippen molar-refractivity contribution in [1.82, 2.24) is 19.9 Å². The van der Waals surface area contributed by atoms with Gasteiger partial charge in [-0.05, 0) is 87.9 Å². The molecule has 0 saturated carbocycles. The van der Waals surface area contributed by atoms with Gasteiger partial charge in [-0.15, -0.1) is 0 Å². The fourth-order valence-electron chi connectivity index (χ4n) is 5.04.